The van der Waals surface area contributed by atoms with Crippen LogP contribution in [-0.2, 0) is 20.4 Å². The first-order valence-electron chi connectivity index (χ1n) is 19.7. The Morgan fingerprint density at radius 1 is 0.736 bits per heavy atom. The lowest BCUT2D eigenvalue weighted by molar-refractivity contribution is -0.913. The van der Waals surface area contributed by atoms with Crippen molar-refractivity contribution in [3.05, 3.63) is 144 Å². The number of amides is 1. The molecule has 286 valence electrons. The van der Waals surface area contributed by atoms with E-state index in [2.05, 4.69) is 109 Å². The highest BCUT2D eigenvalue weighted by atomic mass is 79.9. The Hall–Kier alpha value is -3.33. The maximum Gasteiger partial charge on any atom is 0.237 e. The highest BCUT2D eigenvalue weighted by molar-refractivity contribution is 5.92. The van der Waals surface area contributed by atoms with Gasteiger partial charge in [-0.2, -0.15) is 0 Å². The minimum absolute atomic E-state index is 0. The third kappa shape index (κ3) is 10.7. The summed E-state index contributed by atoms with van der Waals surface area (Å²) in [6, 6.07) is 42.2. The van der Waals surface area contributed by atoms with Gasteiger partial charge in [-0.15, -0.1) is 0 Å². The number of hydrogen-bond donors (Lipinski definition) is 2. The molecule has 7 rings (SSSR count). The van der Waals surface area contributed by atoms with Gasteiger partial charge in [0.05, 0.1) is 20.7 Å². The highest BCUT2D eigenvalue weighted by Gasteiger charge is 2.51. The van der Waals surface area contributed by atoms with E-state index >= 15 is 0 Å². The number of piperidine rings is 2. The average Bonchev–Trinajstić information content (AvgIpc) is 3.68. The van der Waals surface area contributed by atoms with E-state index in [0.717, 1.165) is 50.2 Å². The van der Waals surface area contributed by atoms with Crippen LogP contribution in [-0.4, -0.2) is 89.5 Å². The number of benzene rings is 4. The van der Waals surface area contributed by atoms with Crippen LogP contribution < -0.4 is 27.2 Å². The topological polar surface area (TPSA) is 49.2 Å². The van der Waals surface area contributed by atoms with Crippen molar-refractivity contribution in [1.82, 2.24) is 15.1 Å². The molecule has 1 unspecified atom stereocenters. The van der Waals surface area contributed by atoms with Crippen molar-refractivity contribution >= 4 is 5.91 Å². The van der Waals surface area contributed by atoms with E-state index in [9.17, 15) is 4.79 Å². The van der Waals surface area contributed by atoms with Crippen molar-refractivity contribution < 1.29 is 31.4 Å². The zero-order chi connectivity index (χ0) is 36.7. The van der Waals surface area contributed by atoms with E-state index in [-0.39, 0.29) is 34.5 Å². The van der Waals surface area contributed by atoms with E-state index in [0.29, 0.717) is 0 Å². The van der Waals surface area contributed by atoms with Crippen LogP contribution in [0.25, 0.3) is 0 Å². The molecule has 3 aliphatic rings. The molecular formula is C46H63BrN4O2. The molecule has 3 fully saturated rings. The number of ether oxygens (including phenoxy) is 1. The molecule has 6 nitrogen and oxygen atoms in total. The largest absolute Gasteiger partial charge is 1.00 e. The lowest BCUT2D eigenvalue weighted by Gasteiger charge is -2.38. The summed E-state index contributed by atoms with van der Waals surface area (Å²) in [7, 11) is 8.08. The first-order valence-corrected chi connectivity index (χ1v) is 19.7. The average molecular weight is 784 g/mol. The van der Waals surface area contributed by atoms with E-state index < -0.39 is 5.41 Å². The second-order valence-electron chi connectivity index (χ2n) is 15.1. The van der Waals surface area contributed by atoms with Gasteiger partial charge < -0.3 is 41.7 Å². The minimum Gasteiger partial charge on any atom is -1.00 e. The maximum absolute atomic E-state index is 13.5. The Balaban J connectivity index is 0.000000205. The first kappa shape index (κ1) is 42.4. The van der Waals surface area contributed by atoms with Crippen LogP contribution in [0.15, 0.2) is 121 Å². The van der Waals surface area contributed by atoms with Crippen LogP contribution >= 0.6 is 0 Å². The summed E-state index contributed by atoms with van der Waals surface area (Å²) in [4.78, 5) is 19.2. The molecule has 1 amide bonds. The number of nitrogens with one attached hydrogen (secondary N) is 2. The molecule has 2 N–H and O–H groups in total. The number of rotatable bonds is 9. The van der Waals surface area contributed by atoms with Crippen molar-refractivity contribution in [3.8, 4) is 0 Å². The predicted octanol–water partition coefficient (Wildman–Crippen LogP) is 3.56. The van der Waals surface area contributed by atoms with Crippen molar-refractivity contribution in [3.63, 3.8) is 0 Å². The van der Waals surface area contributed by atoms with Gasteiger partial charge in [0.2, 0.25) is 12.1 Å². The normalized spacial score (nSPS) is 18.4. The molecule has 0 bridgehead atoms. The Bertz CT molecular complexity index is 1490. The van der Waals surface area contributed by atoms with Gasteiger partial charge in [0, 0.05) is 14.1 Å². The van der Waals surface area contributed by atoms with Crippen LogP contribution in [0.1, 0.15) is 73.6 Å². The summed E-state index contributed by atoms with van der Waals surface area (Å²) in [6.45, 7) is 6.56. The number of hydrogen-bond acceptors (Lipinski definition) is 4. The summed E-state index contributed by atoms with van der Waals surface area (Å²) < 4.78 is 6.10. The third-order valence-electron chi connectivity index (χ3n) is 11.1. The van der Waals surface area contributed by atoms with Crippen molar-refractivity contribution in [2.45, 2.75) is 68.4 Å². The number of likely N-dealkylation sites (N-methyl/N-ethyl adjacent to an activating group) is 2. The Kier molecular flexibility index (Phi) is 17.2. The molecule has 4 aromatic carbocycles. The molecule has 0 aliphatic carbocycles. The summed E-state index contributed by atoms with van der Waals surface area (Å²) in [5.41, 5.74) is 4.21. The monoisotopic (exact) mass is 782 g/mol. The molecule has 0 aromatic heterocycles. The zero-order valence-electron chi connectivity index (χ0n) is 32.6. The van der Waals surface area contributed by atoms with Crippen LogP contribution in [0.2, 0.25) is 0 Å². The zero-order valence-corrected chi connectivity index (χ0v) is 34.2. The van der Waals surface area contributed by atoms with Crippen LogP contribution in [0.5, 0.6) is 0 Å². The molecule has 3 aliphatic heterocycles. The van der Waals surface area contributed by atoms with Crippen LogP contribution in [0.3, 0.4) is 0 Å². The molecule has 0 spiro atoms. The van der Waals surface area contributed by atoms with Crippen molar-refractivity contribution in [1.29, 1.82) is 0 Å². The molecule has 3 heterocycles. The first-order chi connectivity index (χ1) is 25.4. The molecular weight excluding hydrogens is 720 g/mol. The number of halogens is 1. The van der Waals surface area contributed by atoms with Crippen molar-refractivity contribution in [2.24, 2.45) is 0 Å². The van der Waals surface area contributed by atoms with Gasteiger partial charge in [0.1, 0.15) is 10.8 Å². The summed E-state index contributed by atoms with van der Waals surface area (Å²) in [6.07, 6.45) is 10.1. The Morgan fingerprint density at radius 3 is 1.58 bits per heavy atom. The molecule has 1 atom stereocenters. The Morgan fingerprint density at radius 2 is 1.19 bits per heavy atom. The number of carbonyl (C=O) groups excluding carboxylic acids is 1. The third-order valence-corrected chi connectivity index (χ3v) is 11.1. The van der Waals surface area contributed by atoms with Crippen LogP contribution in [0.4, 0.5) is 0 Å². The quantitative estimate of drug-likeness (QED) is 0.273. The molecule has 0 radical (unpaired) electrons. The second-order valence-corrected chi connectivity index (χ2v) is 15.1. The molecule has 3 saturated heterocycles. The lowest BCUT2D eigenvalue weighted by Crippen LogP contribution is -3.12. The number of likely N-dealkylation sites (tertiary alicyclic amines) is 1. The van der Waals surface area contributed by atoms with Crippen LogP contribution in [0, 0.1) is 0 Å². The van der Waals surface area contributed by atoms with Gasteiger partial charge in [-0.3, -0.25) is 4.79 Å². The number of nitrogens with zero attached hydrogens (tertiary/aromatic N) is 2. The standard InChI is InChI=1S/C23H30N2O.C18H21NO.C5H11N.BrH/c1-24(2)22(26)23(20-12-6-3-7-13-20,21-14-8-4-9-15-21)16-19-25-17-10-5-11-18-25;1-19(2)17-18(13-14-20-17,15-9-5-3-6-10-15)16-11-7-4-8-12-16;1-2-4-6-5-3-1;/h3-4,6-9,12-15H,5,10-11,16-19H2,1-2H3;3-12,17H,13-14H2,1-2H3;6H,1-5H2;1H. The van der Waals surface area contributed by atoms with E-state index in [4.69, 9.17) is 4.74 Å². The number of quaternary nitrogens is 1. The van der Waals surface area contributed by atoms with Gasteiger partial charge >= 0.3 is 0 Å². The molecule has 7 heteroatoms. The predicted molar refractivity (Wildman–Crippen MR) is 215 cm³/mol. The van der Waals surface area contributed by atoms with Gasteiger partial charge in [-0.05, 0) is 93.5 Å². The summed E-state index contributed by atoms with van der Waals surface area (Å²) in [5, 5.41) is 3.28. The summed E-state index contributed by atoms with van der Waals surface area (Å²) >= 11 is 0. The Labute approximate surface area is 330 Å². The minimum atomic E-state index is -0.635. The maximum atomic E-state index is 13.5. The fourth-order valence-electron chi connectivity index (χ4n) is 8.45. The molecule has 0 saturated carbocycles. The van der Waals surface area contributed by atoms with Gasteiger partial charge in [0.25, 0.3) is 0 Å². The second kappa shape index (κ2) is 21.5. The van der Waals surface area contributed by atoms with E-state index in [1.165, 1.54) is 67.6 Å². The fourth-order valence-corrected chi connectivity index (χ4v) is 8.45. The molecule has 4 aromatic rings. The highest BCUT2D eigenvalue weighted by Crippen LogP contribution is 2.42. The lowest BCUT2D eigenvalue weighted by atomic mass is 9.70. The van der Waals surface area contributed by atoms with Gasteiger partial charge in [-0.25, -0.2) is 0 Å². The van der Waals surface area contributed by atoms with Gasteiger partial charge in [0.15, 0.2) is 0 Å². The fraction of sp³-hybridized carbons (Fsp3) is 0.457. The van der Waals surface area contributed by atoms with E-state index in [1.807, 2.05) is 50.5 Å². The SMILES string of the molecule is C1CCNCC1.CN(C)C(=O)C(CCN1CCCCC1)(c1ccccc1)c1ccccc1.C[NH+](C)C1OCCC1(c1ccccc1)c1ccccc1.[Br-]. The van der Waals surface area contributed by atoms with Crippen molar-refractivity contribution in [2.75, 3.05) is 67.5 Å². The van der Waals surface area contributed by atoms with Gasteiger partial charge in [-0.1, -0.05) is 134 Å². The molecule has 53 heavy (non-hydrogen) atoms. The smallest absolute Gasteiger partial charge is 0.237 e. The summed E-state index contributed by atoms with van der Waals surface area (Å²) in [5.74, 6) is 0.159. The number of carbonyl (C=O) groups is 1. The van der Waals surface area contributed by atoms with E-state index in [1.54, 1.807) is 4.90 Å².